The number of piperidine rings is 1. The average Bonchev–Trinajstić information content (AvgIpc) is 2.86. The van der Waals surface area contributed by atoms with Crippen molar-refractivity contribution in [2.75, 3.05) is 25.0 Å². The second-order valence-corrected chi connectivity index (χ2v) is 5.51. The summed E-state index contributed by atoms with van der Waals surface area (Å²) in [5.74, 6) is 1.12. The van der Waals surface area contributed by atoms with Crippen LogP contribution >= 0.6 is 0 Å². The number of rotatable bonds is 3. The van der Waals surface area contributed by atoms with Crippen LogP contribution in [0.3, 0.4) is 0 Å². The third kappa shape index (κ3) is 2.20. The lowest BCUT2D eigenvalue weighted by molar-refractivity contribution is 0.253. The highest BCUT2D eigenvalue weighted by Crippen LogP contribution is 2.25. The Morgan fingerprint density at radius 2 is 2.44 bits per heavy atom. The first kappa shape index (κ1) is 11.5. The van der Waals surface area contributed by atoms with Crippen molar-refractivity contribution in [3.8, 4) is 0 Å². The minimum Gasteiger partial charge on any atom is -0.371 e. The van der Waals surface area contributed by atoms with E-state index in [1.54, 1.807) is 0 Å². The van der Waals surface area contributed by atoms with E-state index in [-0.39, 0.29) is 0 Å². The van der Waals surface area contributed by atoms with Gasteiger partial charge in [-0.15, -0.1) is 0 Å². The van der Waals surface area contributed by atoms with Gasteiger partial charge in [0.2, 0.25) is 0 Å². The molecule has 0 spiro atoms. The lowest BCUT2D eigenvalue weighted by atomic mass is 9.83. The summed E-state index contributed by atoms with van der Waals surface area (Å²) in [5, 5.41) is 7.05. The molecule has 96 valence electrons. The smallest absolute Gasteiger partial charge is 0.138 e. The van der Waals surface area contributed by atoms with Gasteiger partial charge in [0.1, 0.15) is 11.5 Å². The molecule has 1 atom stereocenters. The fourth-order valence-electron chi connectivity index (χ4n) is 2.67. The van der Waals surface area contributed by atoms with E-state index in [1.165, 1.54) is 12.8 Å². The average molecular weight is 244 g/mol. The number of hydrogen-bond donors (Lipinski definition) is 2. The van der Waals surface area contributed by atoms with E-state index in [0.29, 0.717) is 5.41 Å². The summed E-state index contributed by atoms with van der Waals surface area (Å²) in [4.78, 5) is 4.30. The third-order valence-electron chi connectivity index (χ3n) is 3.81. The van der Waals surface area contributed by atoms with Crippen molar-refractivity contribution >= 4 is 11.5 Å². The number of aromatic nitrogens is 2. The molecule has 0 radical (unpaired) electrons. The topological polar surface area (TPSA) is 41.4 Å². The number of anilines is 1. The molecule has 1 saturated heterocycles. The highest BCUT2D eigenvalue weighted by atomic mass is 15.1. The summed E-state index contributed by atoms with van der Waals surface area (Å²) >= 11 is 0. The molecule has 1 fully saturated rings. The molecular formula is C14H20N4. The fraction of sp³-hybridized carbons (Fsp3) is 0.500. The molecular weight excluding hydrogens is 224 g/mol. The summed E-state index contributed by atoms with van der Waals surface area (Å²) in [7, 11) is 0. The van der Waals surface area contributed by atoms with Crippen molar-refractivity contribution in [2.24, 2.45) is 5.41 Å². The SMILES string of the molecule is CC1(CNc2cccc3nccn23)CCCNC1. The maximum atomic E-state index is 4.30. The first-order valence-corrected chi connectivity index (χ1v) is 6.64. The summed E-state index contributed by atoms with van der Waals surface area (Å²) in [6.07, 6.45) is 6.39. The van der Waals surface area contributed by atoms with Crippen LogP contribution in [0.4, 0.5) is 5.82 Å². The molecule has 3 heterocycles. The molecule has 0 aliphatic carbocycles. The van der Waals surface area contributed by atoms with Gasteiger partial charge in [0.05, 0.1) is 0 Å². The second kappa shape index (κ2) is 4.61. The predicted molar refractivity (Wildman–Crippen MR) is 73.9 cm³/mol. The maximum absolute atomic E-state index is 4.30. The molecule has 18 heavy (non-hydrogen) atoms. The molecule has 2 aromatic heterocycles. The van der Waals surface area contributed by atoms with Gasteiger partial charge < -0.3 is 10.6 Å². The van der Waals surface area contributed by atoms with Gasteiger partial charge in [-0.2, -0.15) is 0 Å². The molecule has 1 unspecified atom stereocenters. The first-order chi connectivity index (χ1) is 8.77. The molecule has 2 aromatic rings. The van der Waals surface area contributed by atoms with E-state index >= 15 is 0 Å². The Kier molecular flexibility index (Phi) is 2.96. The third-order valence-corrected chi connectivity index (χ3v) is 3.81. The van der Waals surface area contributed by atoms with Gasteiger partial charge in [-0.1, -0.05) is 13.0 Å². The van der Waals surface area contributed by atoms with Crippen LogP contribution in [0, 0.1) is 5.41 Å². The molecule has 0 aromatic carbocycles. The Morgan fingerprint density at radius 3 is 3.28 bits per heavy atom. The largest absolute Gasteiger partial charge is 0.371 e. The molecule has 0 bridgehead atoms. The molecule has 1 aliphatic rings. The van der Waals surface area contributed by atoms with Crippen LogP contribution < -0.4 is 10.6 Å². The monoisotopic (exact) mass is 244 g/mol. The van der Waals surface area contributed by atoms with Crippen molar-refractivity contribution in [1.29, 1.82) is 0 Å². The van der Waals surface area contributed by atoms with E-state index in [9.17, 15) is 0 Å². The van der Waals surface area contributed by atoms with Gasteiger partial charge in [0, 0.05) is 25.5 Å². The molecule has 4 heteroatoms. The number of nitrogens with zero attached hydrogens (tertiary/aromatic N) is 2. The summed E-state index contributed by atoms with van der Waals surface area (Å²) < 4.78 is 2.10. The van der Waals surface area contributed by atoms with Crippen molar-refractivity contribution < 1.29 is 0 Å². The van der Waals surface area contributed by atoms with E-state index in [1.807, 2.05) is 24.5 Å². The Morgan fingerprint density at radius 1 is 1.50 bits per heavy atom. The Labute approximate surface area is 107 Å². The van der Waals surface area contributed by atoms with Crippen LogP contribution in [0.15, 0.2) is 30.6 Å². The maximum Gasteiger partial charge on any atom is 0.138 e. The molecule has 4 nitrogen and oxygen atoms in total. The van der Waals surface area contributed by atoms with Gasteiger partial charge in [-0.05, 0) is 36.9 Å². The minimum absolute atomic E-state index is 0.348. The van der Waals surface area contributed by atoms with Crippen LogP contribution in [-0.4, -0.2) is 29.0 Å². The lowest BCUT2D eigenvalue weighted by Gasteiger charge is -2.34. The molecule has 2 N–H and O–H groups in total. The zero-order valence-electron chi connectivity index (χ0n) is 10.8. The van der Waals surface area contributed by atoms with Crippen LogP contribution in [-0.2, 0) is 0 Å². The van der Waals surface area contributed by atoms with E-state index in [4.69, 9.17) is 0 Å². The van der Waals surface area contributed by atoms with E-state index in [2.05, 4.69) is 33.0 Å². The van der Waals surface area contributed by atoms with Crippen molar-refractivity contribution in [1.82, 2.24) is 14.7 Å². The standard InChI is InChI=1S/C14H20N4/c1-14(6-3-7-15-10-14)11-17-13-5-2-4-12-16-8-9-18(12)13/h2,4-5,8-9,15,17H,3,6-7,10-11H2,1H3. The van der Waals surface area contributed by atoms with Gasteiger partial charge in [-0.25, -0.2) is 4.98 Å². The zero-order valence-corrected chi connectivity index (χ0v) is 10.8. The van der Waals surface area contributed by atoms with Gasteiger partial charge >= 0.3 is 0 Å². The second-order valence-electron chi connectivity index (χ2n) is 5.51. The predicted octanol–water partition coefficient (Wildman–Crippen LogP) is 2.14. The van der Waals surface area contributed by atoms with Crippen LogP contribution in [0.1, 0.15) is 19.8 Å². The van der Waals surface area contributed by atoms with Crippen molar-refractivity contribution in [2.45, 2.75) is 19.8 Å². The van der Waals surface area contributed by atoms with Crippen molar-refractivity contribution in [3.63, 3.8) is 0 Å². The Balaban J connectivity index is 1.74. The van der Waals surface area contributed by atoms with Gasteiger partial charge in [0.25, 0.3) is 0 Å². The molecule has 0 saturated carbocycles. The zero-order chi connectivity index (χ0) is 12.4. The number of pyridine rings is 1. The lowest BCUT2D eigenvalue weighted by Crippen LogP contribution is -2.42. The molecule has 1 aliphatic heterocycles. The van der Waals surface area contributed by atoms with Crippen LogP contribution in [0.25, 0.3) is 5.65 Å². The van der Waals surface area contributed by atoms with Crippen LogP contribution in [0.5, 0.6) is 0 Å². The molecule has 3 rings (SSSR count). The number of hydrogen-bond acceptors (Lipinski definition) is 3. The number of fused-ring (bicyclic) bond motifs is 1. The first-order valence-electron chi connectivity index (χ1n) is 6.64. The van der Waals surface area contributed by atoms with Gasteiger partial charge in [-0.3, -0.25) is 4.40 Å². The number of imidazole rings is 1. The summed E-state index contributed by atoms with van der Waals surface area (Å²) in [5.41, 5.74) is 1.34. The Hall–Kier alpha value is -1.55. The van der Waals surface area contributed by atoms with Crippen LogP contribution in [0.2, 0.25) is 0 Å². The summed E-state index contributed by atoms with van der Waals surface area (Å²) in [6, 6.07) is 6.18. The highest BCUT2D eigenvalue weighted by Gasteiger charge is 2.26. The van der Waals surface area contributed by atoms with E-state index in [0.717, 1.165) is 31.1 Å². The van der Waals surface area contributed by atoms with E-state index < -0.39 is 0 Å². The van der Waals surface area contributed by atoms with Crippen molar-refractivity contribution in [3.05, 3.63) is 30.6 Å². The summed E-state index contributed by atoms with van der Waals surface area (Å²) in [6.45, 7) is 5.60. The highest BCUT2D eigenvalue weighted by molar-refractivity contribution is 5.49. The quantitative estimate of drug-likeness (QED) is 0.869. The number of nitrogens with one attached hydrogen (secondary N) is 2. The minimum atomic E-state index is 0.348. The normalized spacial score (nSPS) is 24.3. The fourth-order valence-corrected chi connectivity index (χ4v) is 2.67. The van der Waals surface area contributed by atoms with Gasteiger partial charge in [0.15, 0.2) is 0 Å². The molecule has 0 amide bonds. The Bertz CT molecular complexity index is 525.